The predicted octanol–water partition coefficient (Wildman–Crippen LogP) is 3.12. The zero-order valence-corrected chi connectivity index (χ0v) is 19.6. The van der Waals surface area contributed by atoms with E-state index in [9.17, 15) is 9.59 Å². The van der Waals surface area contributed by atoms with Gasteiger partial charge in [0.2, 0.25) is 5.95 Å². The molecule has 10 nitrogen and oxygen atoms in total. The van der Waals surface area contributed by atoms with Crippen molar-refractivity contribution in [2.45, 2.75) is 13.8 Å². The first kappa shape index (κ1) is 22.6. The van der Waals surface area contributed by atoms with Crippen molar-refractivity contribution in [3.8, 4) is 5.75 Å². The topological polar surface area (TPSA) is 123 Å². The molecule has 33 heavy (non-hydrogen) atoms. The molecule has 3 aromatic rings. The molecule has 1 aromatic carbocycles. The van der Waals surface area contributed by atoms with Crippen LogP contribution in [0.25, 0.3) is 10.2 Å². The second-order valence-electron chi connectivity index (χ2n) is 7.54. The van der Waals surface area contributed by atoms with E-state index in [1.165, 1.54) is 11.3 Å². The number of rotatable bonds is 5. The van der Waals surface area contributed by atoms with E-state index in [1.807, 2.05) is 30.0 Å². The van der Waals surface area contributed by atoms with Gasteiger partial charge in [-0.2, -0.15) is 4.98 Å². The van der Waals surface area contributed by atoms with E-state index in [4.69, 9.17) is 15.2 Å². The second-order valence-corrected chi connectivity index (χ2v) is 8.40. The van der Waals surface area contributed by atoms with E-state index in [-0.39, 0.29) is 18.6 Å². The molecule has 0 atom stereocenters. The van der Waals surface area contributed by atoms with Gasteiger partial charge in [0.1, 0.15) is 16.4 Å². The van der Waals surface area contributed by atoms with Crippen LogP contribution in [0, 0.1) is 6.92 Å². The number of nitrogens with zero attached hydrogens (tertiary/aromatic N) is 4. The number of carbonyl (C=O) groups excluding carboxylic acids is 2. The minimum atomic E-state index is -0.411. The Kier molecular flexibility index (Phi) is 6.50. The molecule has 1 fully saturated rings. The summed E-state index contributed by atoms with van der Waals surface area (Å²) in [6, 6.07) is 5.35. The van der Waals surface area contributed by atoms with Gasteiger partial charge in [0, 0.05) is 37.2 Å². The maximum absolute atomic E-state index is 12.8. The summed E-state index contributed by atoms with van der Waals surface area (Å²) in [5, 5.41) is 5.33. The highest BCUT2D eigenvalue weighted by molar-refractivity contribution is 7.17. The van der Waals surface area contributed by atoms with E-state index in [2.05, 4.69) is 15.3 Å². The number of ether oxygens (including phenoxy) is 2. The van der Waals surface area contributed by atoms with E-state index >= 15 is 0 Å². The molecule has 3 N–H and O–H groups in total. The number of thiophene rings is 1. The molecule has 1 aliphatic heterocycles. The molecule has 11 heteroatoms. The van der Waals surface area contributed by atoms with E-state index < -0.39 is 5.97 Å². The third kappa shape index (κ3) is 4.63. The van der Waals surface area contributed by atoms with E-state index in [1.54, 1.807) is 24.3 Å². The monoisotopic (exact) mass is 470 g/mol. The van der Waals surface area contributed by atoms with Gasteiger partial charge in [-0.05, 0) is 37.6 Å². The molecule has 0 bridgehead atoms. The molecule has 0 radical (unpaired) electrons. The molecule has 1 saturated heterocycles. The van der Waals surface area contributed by atoms with Gasteiger partial charge in [-0.3, -0.25) is 0 Å². The highest BCUT2D eigenvalue weighted by Gasteiger charge is 2.27. The number of esters is 1. The molecule has 2 aromatic heterocycles. The summed E-state index contributed by atoms with van der Waals surface area (Å²) in [6.45, 7) is 6.03. The Morgan fingerprint density at radius 2 is 1.97 bits per heavy atom. The molecule has 0 unspecified atom stereocenters. The van der Waals surface area contributed by atoms with Crippen LogP contribution >= 0.6 is 11.3 Å². The fraction of sp³-hybridized carbons (Fsp3) is 0.364. The number of fused-ring (bicyclic) bond motifs is 1. The Labute approximate surface area is 195 Å². The number of methoxy groups -OCH3 is 1. The van der Waals surface area contributed by atoms with Gasteiger partial charge < -0.3 is 30.3 Å². The first-order valence-corrected chi connectivity index (χ1v) is 11.5. The molecule has 0 saturated carbocycles. The van der Waals surface area contributed by atoms with Crippen LogP contribution in [0.3, 0.4) is 0 Å². The third-order valence-electron chi connectivity index (χ3n) is 5.47. The first-order valence-electron chi connectivity index (χ1n) is 10.6. The minimum Gasteiger partial charge on any atom is -0.497 e. The van der Waals surface area contributed by atoms with E-state index in [0.717, 1.165) is 17.0 Å². The number of hydrogen-bond donors (Lipinski definition) is 2. The summed E-state index contributed by atoms with van der Waals surface area (Å²) in [5.41, 5.74) is 8.02. The Bertz CT molecular complexity index is 1190. The average Bonchev–Trinajstić information content (AvgIpc) is 3.24. The van der Waals surface area contributed by atoms with Gasteiger partial charge in [0.25, 0.3) is 0 Å². The van der Waals surface area contributed by atoms with Gasteiger partial charge >= 0.3 is 12.0 Å². The molecule has 3 heterocycles. The molecule has 0 spiro atoms. The lowest BCUT2D eigenvalue weighted by atomic mass is 10.2. The molecule has 2 amide bonds. The van der Waals surface area contributed by atoms with Crippen molar-refractivity contribution in [1.29, 1.82) is 0 Å². The minimum absolute atomic E-state index is 0.143. The van der Waals surface area contributed by atoms with Crippen LogP contribution < -0.4 is 20.7 Å². The van der Waals surface area contributed by atoms with Crippen LogP contribution in [0.5, 0.6) is 5.75 Å². The third-order valence-corrected chi connectivity index (χ3v) is 6.34. The standard InChI is InChI=1S/C22H26N6O4S/c1-4-32-20(29)15-12-33-19-17(15)18(25-21(23)26-19)27-7-9-28(10-8-27)22(30)24-16-6-5-14(31-3)11-13(16)2/h5-6,11-12H,4,7-10H2,1-3H3,(H,24,30)(H2,23,25,26). The lowest BCUT2D eigenvalue weighted by Crippen LogP contribution is -2.50. The number of urea groups is 1. The number of benzene rings is 1. The zero-order valence-electron chi connectivity index (χ0n) is 18.8. The summed E-state index contributed by atoms with van der Waals surface area (Å²) < 4.78 is 10.4. The second kappa shape index (κ2) is 9.49. The number of anilines is 3. The summed E-state index contributed by atoms with van der Waals surface area (Å²) in [4.78, 5) is 38.4. The number of nitrogens with two attached hydrogens (primary N) is 1. The van der Waals surface area contributed by atoms with Crippen molar-refractivity contribution in [2.24, 2.45) is 0 Å². The number of hydrogen-bond acceptors (Lipinski definition) is 9. The van der Waals surface area contributed by atoms with Gasteiger partial charge in [0.05, 0.1) is 24.7 Å². The Balaban J connectivity index is 1.49. The number of piperazine rings is 1. The summed E-state index contributed by atoms with van der Waals surface area (Å²) in [5.74, 6) is 1.06. The fourth-order valence-electron chi connectivity index (χ4n) is 3.75. The molecule has 174 valence electrons. The number of aromatic nitrogens is 2. The highest BCUT2D eigenvalue weighted by Crippen LogP contribution is 2.33. The number of aryl methyl sites for hydroxylation is 1. The van der Waals surface area contributed by atoms with Crippen LogP contribution in [0.2, 0.25) is 0 Å². The van der Waals surface area contributed by atoms with E-state index in [0.29, 0.717) is 47.8 Å². The summed E-state index contributed by atoms with van der Waals surface area (Å²) in [6.07, 6.45) is 0. The smallest absolute Gasteiger partial charge is 0.339 e. The highest BCUT2D eigenvalue weighted by atomic mass is 32.1. The summed E-state index contributed by atoms with van der Waals surface area (Å²) in [7, 11) is 1.61. The number of nitrogens with one attached hydrogen (secondary N) is 1. The van der Waals surface area contributed by atoms with Crippen molar-refractivity contribution in [1.82, 2.24) is 14.9 Å². The van der Waals surface area contributed by atoms with Crippen molar-refractivity contribution in [3.05, 3.63) is 34.7 Å². The molecule has 1 aliphatic rings. The number of nitrogen functional groups attached to an aromatic ring is 1. The van der Waals surface area contributed by atoms with Gasteiger partial charge in [-0.25, -0.2) is 14.6 Å². The normalized spacial score (nSPS) is 13.8. The SMILES string of the molecule is CCOC(=O)c1csc2nc(N)nc(N3CCN(C(=O)Nc4ccc(OC)cc4C)CC3)c12. The van der Waals surface area contributed by atoms with Crippen LogP contribution in [0.1, 0.15) is 22.8 Å². The quantitative estimate of drug-likeness (QED) is 0.545. The predicted molar refractivity (Wildman–Crippen MR) is 128 cm³/mol. The lowest BCUT2D eigenvalue weighted by molar-refractivity contribution is 0.0529. The van der Waals surface area contributed by atoms with Gasteiger partial charge in [0.15, 0.2) is 0 Å². The maximum atomic E-state index is 12.8. The molecule has 0 aliphatic carbocycles. The number of amides is 2. The Morgan fingerprint density at radius 3 is 2.64 bits per heavy atom. The van der Waals surface area contributed by atoms with Crippen molar-refractivity contribution in [3.63, 3.8) is 0 Å². The molecular formula is C22H26N6O4S. The van der Waals surface area contributed by atoms with Gasteiger partial charge in [-0.1, -0.05) is 0 Å². The summed E-state index contributed by atoms with van der Waals surface area (Å²) >= 11 is 1.33. The maximum Gasteiger partial charge on any atom is 0.339 e. The van der Waals surface area contributed by atoms with Gasteiger partial charge in [-0.15, -0.1) is 11.3 Å². The zero-order chi connectivity index (χ0) is 23.5. The molecular weight excluding hydrogens is 444 g/mol. The van der Waals surface area contributed by atoms with Crippen LogP contribution in [0.15, 0.2) is 23.6 Å². The average molecular weight is 471 g/mol. The Hall–Kier alpha value is -3.60. The van der Waals surface area contributed by atoms with Crippen molar-refractivity contribution >= 4 is 51.0 Å². The van der Waals surface area contributed by atoms with Crippen molar-refractivity contribution in [2.75, 3.05) is 55.8 Å². The fourth-order valence-corrected chi connectivity index (χ4v) is 4.66. The number of carbonyl (C=O) groups is 2. The molecule has 4 rings (SSSR count). The largest absolute Gasteiger partial charge is 0.497 e. The lowest BCUT2D eigenvalue weighted by Gasteiger charge is -2.35. The van der Waals surface area contributed by atoms with Crippen LogP contribution in [-0.4, -0.2) is 66.8 Å². The van der Waals surface area contributed by atoms with Crippen LogP contribution in [0.4, 0.5) is 22.2 Å². The Morgan fingerprint density at radius 1 is 1.21 bits per heavy atom. The van der Waals surface area contributed by atoms with Crippen molar-refractivity contribution < 1.29 is 19.1 Å². The first-order chi connectivity index (χ1) is 15.9. The van der Waals surface area contributed by atoms with Crippen LogP contribution in [-0.2, 0) is 4.74 Å².